The van der Waals surface area contributed by atoms with E-state index in [9.17, 15) is 0 Å². The third-order valence-electron chi connectivity index (χ3n) is 3.40. The number of halogens is 1. The van der Waals surface area contributed by atoms with E-state index in [2.05, 4.69) is 20.6 Å². The van der Waals surface area contributed by atoms with Gasteiger partial charge < -0.3 is 15.4 Å². The van der Waals surface area contributed by atoms with Crippen molar-refractivity contribution in [2.75, 3.05) is 17.2 Å². The van der Waals surface area contributed by atoms with Crippen molar-refractivity contribution in [3.05, 3.63) is 65.4 Å². The van der Waals surface area contributed by atoms with Gasteiger partial charge >= 0.3 is 0 Å². The van der Waals surface area contributed by atoms with Gasteiger partial charge in [-0.1, -0.05) is 23.7 Å². The normalized spacial score (nSPS) is 10.4. The number of aryl methyl sites for hydroxylation is 1. The summed E-state index contributed by atoms with van der Waals surface area (Å²) in [5, 5.41) is 7.25. The molecule has 0 radical (unpaired) electrons. The van der Waals surface area contributed by atoms with Gasteiger partial charge in [-0.15, -0.1) is 0 Å². The summed E-state index contributed by atoms with van der Waals surface area (Å²) in [6.45, 7) is 4.41. The molecule has 6 heteroatoms. The molecule has 3 aromatic rings. The molecule has 0 saturated carbocycles. The standard InChI is InChI=1S/C19H19ClN4O/c1-3-25-17-7-5-4-6-16(17)24-19-12-18(21-13(2)22-19)23-15-10-8-14(20)9-11-15/h4-12H,3H2,1-2H3,(H2,21,22,23,24). The number of benzene rings is 2. The smallest absolute Gasteiger partial charge is 0.142 e. The fourth-order valence-corrected chi connectivity index (χ4v) is 2.49. The predicted molar refractivity (Wildman–Crippen MR) is 102 cm³/mol. The molecule has 2 N–H and O–H groups in total. The third kappa shape index (κ3) is 4.61. The van der Waals surface area contributed by atoms with Gasteiger partial charge in [0.15, 0.2) is 0 Å². The Kier molecular flexibility index (Phi) is 5.36. The minimum absolute atomic E-state index is 0.602. The number of hydrogen-bond donors (Lipinski definition) is 2. The number of para-hydroxylation sites is 2. The Hall–Kier alpha value is -2.79. The zero-order valence-electron chi connectivity index (χ0n) is 14.1. The van der Waals surface area contributed by atoms with Crippen molar-refractivity contribution >= 4 is 34.6 Å². The molecule has 3 rings (SSSR count). The fourth-order valence-electron chi connectivity index (χ4n) is 2.37. The molecule has 2 aromatic carbocycles. The number of aromatic nitrogens is 2. The van der Waals surface area contributed by atoms with Gasteiger partial charge in [-0.3, -0.25) is 0 Å². The van der Waals surface area contributed by atoms with Gasteiger partial charge in [0.05, 0.1) is 12.3 Å². The molecule has 0 aliphatic carbocycles. The van der Waals surface area contributed by atoms with E-state index < -0.39 is 0 Å². The molecule has 128 valence electrons. The molecule has 0 unspecified atom stereocenters. The van der Waals surface area contributed by atoms with E-state index in [1.807, 2.05) is 68.4 Å². The summed E-state index contributed by atoms with van der Waals surface area (Å²) in [5.41, 5.74) is 1.77. The highest BCUT2D eigenvalue weighted by Gasteiger charge is 2.07. The molecule has 0 fully saturated rings. The number of anilines is 4. The van der Waals surface area contributed by atoms with Crippen LogP contribution in [0.3, 0.4) is 0 Å². The van der Waals surface area contributed by atoms with Crippen molar-refractivity contribution in [3.8, 4) is 5.75 Å². The molecule has 0 aliphatic heterocycles. The summed E-state index contributed by atoms with van der Waals surface area (Å²) < 4.78 is 5.64. The molecule has 25 heavy (non-hydrogen) atoms. The maximum atomic E-state index is 5.92. The number of hydrogen-bond acceptors (Lipinski definition) is 5. The van der Waals surface area contributed by atoms with E-state index in [4.69, 9.17) is 16.3 Å². The molecule has 0 aliphatic rings. The molecule has 1 aromatic heterocycles. The summed E-state index contributed by atoms with van der Waals surface area (Å²) in [4.78, 5) is 8.87. The second-order valence-corrected chi connectivity index (χ2v) is 5.81. The second-order valence-electron chi connectivity index (χ2n) is 5.37. The highest BCUT2D eigenvalue weighted by molar-refractivity contribution is 6.30. The van der Waals surface area contributed by atoms with Crippen molar-refractivity contribution < 1.29 is 4.74 Å². The van der Waals surface area contributed by atoms with Gasteiger partial charge in [0.1, 0.15) is 23.2 Å². The number of rotatable bonds is 6. The number of nitrogens with one attached hydrogen (secondary N) is 2. The van der Waals surface area contributed by atoms with Crippen LogP contribution in [0, 0.1) is 6.92 Å². The lowest BCUT2D eigenvalue weighted by Crippen LogP contribution is -2.03. The van der Waals surface area contributed by atoms with Crippen LogP contribution in [0.4, 0.5) is 23.0 Å². The van der Waals surface area contributed by atoms with E-state index in [-0.39, 0.29) is 0 Å². The second kappa shape index (κ2) is 7.85. The van der Waals surface area contributed by atoms with Gasteiger partial charge in [0.2, 0.25) is 0 Å². The van der Waals surface area contributed by atoms with E-state index in [1.165, 1.54) is 0 Å². The first-order valence-corrected chi connectivity index (χ1v) is 8.39. The third-order valence-corrected chi connectivity index (χ3v) is 3.66. The minimum atomic E-state index is 0.602. The van der Waals surface area contributed by atoms with Crippen molar-refractivity contribution in [2.45, 2.75) is 13.8 Å². The van der Waals surface area contributed by atoms with Crippen LogP contribution in [-0.4, -0.2) is 16.6 Å². The highest BCUT2D eigenvalue weighted by Crippen LogP contribution is 2.28. The lowest BCUT2D eigenvalue weighted by molar-refractivity contribution is 0.342. The van der Waals surface area contributed by atoms with E-state index >= 15 is 0 Å². The zero-order valence-corrected chi connectivity index (χ0v) is 14.8. The summed E-state index contributed by atoms with van der Waals surface area (Å²) in [6, 6.07) is 17.1. The van der Waals surface area contributed by atoms with Crippen LogP contribution in [0.2, 0.25) is 5.02 Å². The zero-order chi connectivity index (χ0) is 17.6. The lowest BCUT2D eigenvalue weighted by Gasteiger charge is -2.13. The van der Waals surface area contributed by atoms with E-state index in [1.54, 1.807) is 0 Å². The van der Waals surface area contributed by atoms with Crippen molar-refractivity contribution in [1.29, 1.82) is 0 Å². The van der Waals surface area contributed by atoms with Crippen molar-refractivity contribution in [2.24, 2.45) is 0 Å². The van der Waals surface area contributed by atoms with Crippen molar-refractivity contribution in [3.63, 3.8) is 0 Å². The molecule has 0 amide bonds. The van der Waals surface area contributed by atoms with Crippen molar-refractivity contribution in [1.82, 2.24) is 9.97 Å². The highest BCUT2D eigenvalue weighted by atomic mass is 35.5. The number of nitrogens with zero attached hydrogens (tertiary/aromatic N) is 2. The molecule has 0 bridgehead atoms. The van der Waals surface area contributed by atoms with Crippen LogP contribution in [-0.2, 0) is 0 Å². The van der Waals surface area contributed by atoms with Gasteiger partial charge in [-0.2, -0.15) is 0 Å². The van der Waals surface area contributed by atoms with Gasteiger partial charge in [-0.25, -0.2) is 9.97 Å². The quantitative estimate of drug-likeness (QED) is 0.627. The first kappa shape index (κ1) is 17.0. The lowest BCUT2D eigenvalue weighted by atomic mass is 10.3. The monoisotopic (exact) mass is 354 g/mol. The van der Waals surface area contributed by atoms with Crippen LogP contribution in [0.25, 0.3) is 0 Å². The molecule has 5 nitrogen and oxygen atoms in total. The Bertz CT molecular complexity index is 852. The Labute approximate surface area is 152 Å². The molecule has 0 spiro atoms. The molecule has 0 saturated heterocycles. The molecule has 1 heterocycles. The van der Waals surface area contributed by atoms with E-state index in [0.29, 0.717) is 29.1 Å². The average molecular weight is 355 g/mol. The Morgan fingerprint density at radius 2 is 1.64 bits per heavy atom. The fraction of sp³-hybridized carbons (Fsp3) is 0.158. The van der Waals surface area contributed by atoms with Crippen LogP contribution in [0.15, 0.2) is 54.6 Å². The molecular formula is C19H19ClN4O. The topological polar surface area (TPSA) is 59.1 Å². The van der Waals surface area contributed by atoms with Gasteiger partial charge in [0.25, 0.3) is 0 Å². The predicted octanol–water partition coefficient (Wildman–Crippen LogP) is 5.32. The Morgan fingerprint density at radius 1 is 0.960 bits per heavy atom. The number of ether oxygens (including phenoxy) is 1. The maximum Gasteiger partial charge on any atom is 0.142 e. The summed E-state index contributed by atoms with van der Waals surface area (Å²) in [5.74, 6) is 2.84. The van der Waals surface area contributed by atoms with Crippen LogP contribution in [0.1, 0.15) is 12.7 Å². The molecular weight excluding hydrogens is 336 g/mol. The summed E-state index contributed by atoms with van der Waals surface area (Å²) in [7, 11) is 0. The maximum absolute atomic E-state index is 5.92. The summed E-state index contributed by atoms with van der Waals surface area (Å²) in [6.07, 6.45) is 0. The van der Waals surface area contributed by atoms with Crippen LogP contribution >= 0.6 is 11.6 Å². The Balaban J connectivity index is 1.83. The first-order valence-electron chi connectivity index (χ1n) is 8.01. The van der Waals surface area contributed by atoms with E-state index in [0.717, 1.165) is 17.1 Å². The van der Waals surface area contributed by atoms with Gasteiger partial charge in [0, 0.05) is 16.8 Å². The minimum Gasteiger partial charge on any atom is -0.492 e. The van der Waals surface area contributed by atoms with Crippen LogP contribution < -0.4 is 15.4 Å². The Morgan fingerprint density at radius 3 is 2.36 bits per heavy atom. The largest absolute Gasteiger partial charge is 0.492 e. The van der Waals surface area contributed by atoms with Gasteiger partial charge in [-0.05, 0) is 50.2 Å². The summed E-state index contributed by atoms with van der Waals surface area (Å²) >= 11 is 5.92. The molecule has 0 atom stereocenters. The van der Waals surface area contributed by atoms with Crippen LogP contribution in [0.5, 0.6) is 5.75 Å². The average Bonchev–Trinajstić information content (AvgIpc) is 2.58. The SMILES string of the molecule is CCOc1ccccc1Nc1cc(Nc2ccc(Cl)cc2)nc(C)n1. The first-order chi connectivity index (χ1) is 12.1.